The predicted octanol–water partition coefficient (Wildman–Crippen LogP) is 3.05. The predicted molar refractivity (Wildman–Crippen MR) is 47.3 cm³/mol. The molecule has 0 saturated heterocycles. The van der Waals surface area contributed by atoms with Crippen molar-refractivity contribution in [2.24, 2.45) is 0 Å². The Labute approximate surface area is 76.1 Å². The van der Waals surface area contributed by atoms with Gasteiger partial charge in [-0.15, -0.1) is 0 Å². The van der Waals surface area contributed by atoms with Crippen LogP contribution in [-0.2, 0) is 6.42 Å². The lowest BCUT2D eigenvalue weighted by Crippen LogP contribution is -1.92. The molecule has 0 N–H and O–H groups in total. The van der Waals surface area contributed by atoms with E-state index in [1.807, 2.05) is 6.92 Å². The zero-order chi connectivity index (χ0) is 9.14. The van der Waals surface area contributed by atoms with Gasteiger partial charge in [0.15, 0.2) is 0 Å². The lowest BCUT2D eigenvalue weighted by Gasteiger charge is -2.07. The van der Waals surface area contributed by atoms with Gasteiger partial charge in [0.05, 0.1) is 12.1 Å². The first-order valence-electron chi connectivity index (χ1n) is 3.71. The van der Waals surface area contributed by atoms with Crippen molar-refractivity contribution in [1.82, 2.24) is 0 Å². The van der Waals surface area contributed by atoms with E-state index in [2.05, 4.69) is 0 Å². The van der Waals surface area contributed by atoms with E-state index < -0.39 is 0 Å². The van der Waals surface area contributed by atoms with E-state index >= 15 is 0 Å². The molecule has 66 valence electrons. The summed E-state index contributed by atoms with van der Waals surface area (Å²) in [5.41, 5.74) is 0.510. The van der Waals surface area contributed by atoms with Crippen LogP contribution in [0, 0.1) is 5.82 Å². The van der Waals surface area contributed by atoms with Crippen LogP contribution in [-0.4, -0.2) is 7.11 Å². The number of rotatable bonds is 2. The van der Waals surface area contributed by atoms with E-state index in [9.17, 15) is 4.39 Å². The molecule has 0 fully saturated rings. The minimum absolute atomic E-state index is 0.275. The molecule has 0 aliphatic carbocycles. The molecule has 0 aromatic heterocycles. The minimum Gasteiger partial charge on any atom is -0.495 e. The maximum atomic E-state index is 13.0. The third-order valence-electron chi connectivity index (χ3n) is 1.72. The average Bonchev–Trinajstić information content (AvgIpc) is 2.06. The van der Waals surface area contributed by atoms with Crippen LogP contribution < -0.4 is 4.74 Å². The summed E-state index contributed by atoms with van der Waals surface area (Å²) < 4.78 is 18.0. The maximum Gasteiger partial charge on any atom is 0.137 e. The highest BCUT2D eigenvalue weighted by atomic mass is 35.5. The normalized spacial score (nSPS) is 10.0. The van der Waals surface area contributed by atoms with Crippen LogP contribution in [0.1, 0.15) is 12.5 Å². The molecule has 1 nitrogen and oxygen atoms in total. The van der Waals surface area contributed by atoms with Crippen molar-refractivity contribution in [3.8, 4) is 5.75 Å². The summed E-state index contributed by atoms with van der Waals surface area (Å²) in [6.45, 7) is 1.85. The van der Waals surface area contributed by atoms with Crippen LogP contribution in [0.4, 0.5) is 4.39 Å². The zero-order valence-electron chi connectivity index (χ0n) is 7.03. The van der Waals surface area contributed by atoms with Crippen LogP contribution in [0.2, 0.25) is 5.02 Å². The Bertz CT molecular complexity index is 286. The molecule has 0 heterocycles. The van der Waals surface area contributed by atoms with E-state index in [-0.39, 0.29) is 5.82 Å². The van der Waals surface area contributed by atoms with Gasteiger partial charge in [-0.25, -0.2) is 4.39 Å². The van der Waals surface area contributed by atoms with E-state index in [0.29, 0.717) is 22.8 Å². The number of methoxy groups -OCH3 is 1. The maximum absolute atomic E-state index is 13.0. The quantitative estimate of drug-likeness (QED) is 0.693. The molecule has 0 spiro atoms. The second kappa shape index (κ2) is 3.76. The van der Waals surface area contributed by atoms with Gasteiger partial charge in [0.2, 0.25) is 0 Å². The van der Waals surface area contributed by atoms with Gasteiger partial charge in [-0.3, -0.25) is 0 Å². The van der Waals surface area contributed by atoms with E-state index in [1.165, 1.54) is 19.2 Å². The fourth-order valence-electron chi connectivity index (χ4n) is 1.06. The Morgan fingerprint density at radius 1 is 1.50 bits per heavy atom. The molecular formula is C9H10ClFO. The molecule has 1 rings (SSSR count). The minimum atomic E-state index is -0.275. The molecule has 0 radical (unpaired) electrons. The number of halogens is 2. The highest BCUT2D eigenvalue weighted by molar-refractivity contribution is 6.32. The zero-order valence-corrected chi connectivity index (χ0v) is 7.78. The smallest absolute Gasteiger partial charge is 0.137 e. The molecule has 0 aliphatic heterocycles. The first-order chi connectivity index (χ1) is 5.70. The summed E-state index contributed by atoms with van der Waals surface area (Å²) in [5.74, 6) is 0.248. The summed E-state index contributed by atoms with van der Waals surface area (Å²) in [5, 5.41) is 0.375. The highest BCUT2D eigenvalue weighted by Crippen LogP contribution is 2.29. The Kier molecular flexibility index (Phi) is 2.93. The molecule has 3 heteroatoms. The summed E-state index contributed by atoms with van der Waals surface area (Å²) in [4.78, 5) is 0. The summed E-state index contributed by atoms with van der Waals surface area (Å²) in [6.07, 6.45) is 0.571. The molecular weight excluding hydrogens is 179 g/mol. The average molecular weight is 189 g/mol. The van der Waals surface area contributed by atoms with Crippen molar-refractivity contribution in [2.75, 3.05) is 7.11 Å². The van der Waals surface area contributed by atoms with E-state index in [4.69, 9.17) is 16.3 Å². The van der Waals surface area contributed by atoms with Crippen LogP contribution in [0.5, 0.6) is 5.75 Å². The van der Waals surface area contributed by atoms with Gasteiger partial charge in [0, 0.05) is 5.56 Å². The monoisotopic (exact) mass is 188 g/mol. The van der Waals surface area contributed by atoms with Gasteiger partial charge < -0.3 is 4.74 Å². The van der Waals surface area contributed by atoms with E-state index in [1.54, 1.807) is 0 Å². The topological polar surface area (TPSA) is 9.23 Å². The lowest BCUT2D eigenvalue weighted by molar-refractivity contribution is 0.413. The molecule has 0 saturated carbocycles. The molecule has 0 aliphatic rings. The van der Waals surface area contributed by atoms with Crippen LogP contribution in [0.15, 0.2) is 12.1 Å². The van der Waals surface area contributed by atoms with Crippen LogP contribution >= 0.6 is 11.6 Å². The van der Waals surface area contributed by atoms with Gasteiger partial charge in [-0.2, -0.15) is 0 Å². The third-order valence-corrected chi connectivity index (χ3v) is 2.14. The van der Waals surface area contributed by atoms with Gasteiger partial charge in [0.1, 0.15) is 11.6 Å². The first-order valence-corrected chi connectivity index (χ1v) is 4.09. The molecule has 0 unspecified atom stereocenters. The second-order valence-corrected chi connectivity index (χ2v) is 2.77. The van der Waals surface area contributed by atoms with Crippen molar-refractivity contribution in [1.29, 1.82) is 0 Å². The fraction of sp³-hybridized carbons (Fsp3) is 0.333. The molecule has 1 aromatic carbocycles. The van der Waals surface area contributed by atoms with Crippen molar-refractivity contribution in [2.45, 2.75) is 13.3 Å². The van der Waals surface area contributed by atoms with Crippen molar-refractivity contribution in [3.05, 3.63) is 28.5 Å². The molecule has 1 aromatic rings. The van der Waals surface area contributed by atoms with Crippen molar-refractivity contribution >= 4 is 11.6 Å². The van der Waals surface area contributed by atoms with Gasteiger partial charge in [-0.05, 0) is 18.6 Å². The van der Waals surface area contributed by atoms with Gasteiger partial charge in [0.25, 0.3) is 0 Å². The van der Waals surface area contributed by atoms with Crippen molar-refractivity contribution < 1.29 is 9.13 Å². The van der Waals surface area contributed by atoms with Crippen molar-refractivity contribution in [3.63, 3.8) is 0 Å². The van der Waals surface area contributed by atoms with Crippen LogP contribution in [0.3, 0.4) is 0 Å². The summed E-state index contributed by atoms with van der Waals surface area (Å²) in [7, 11) is 1.51. The fourth-order valence-corrected chi connectivity index (χ4v) is 1.42. The van der Waals surface area contributed by atoms with Gasteiger partial charge in [-0.1, -0.05) is 18.5 Å². The molecule has 12 heavy (non-hydrogen) atoms. The summed E-state index contributed by atoms with van der Waals surface area (Å²) >= 11 is 5.85. The van der Waals surface area contributed by atoms with Crippen LogP contribution in [0.25, 0.3) is 0 Å². The third kappa shape index (κ3) is 1.53. The lowest BCUT2D eigenvalue weighted by atomic mass is 10.1. The Morgan fingerprint density at radius 2 is 2.17 bits per heavy atom. The molecule has 0 atom stereocenters. The number of hydrogen-bond donors (Lipinski definition) is 0. The number of ether oxygens (including phenoxy) is 1. The second-order valence-electron chi connectivity index (χ2n) is 2.40. The summed E-state index contributed by atoms with van der Waals surface area (Å²) in [6, 6.07) is 2.89. The standard InChI is InChI=1S/C9H10ClFO/c1-3-6-7(11)4-5-8(12-2)9(6)10/h4-5H,3H2,1-2H3. The molecule has 0 amide bonds. The largest absolute Gasteiger partial charge is 0.495 e. The molecule has 0 bridgehead atoms. The van der Waals surface area contributed by atoms with E-state index in [0.717, 1.165) is 0 Å². The Balaban J connectivity index is 3.24. The Morgan fingerprint density at radius 3 is 2.67 bits per heavy atom. The highest BCUT2D eigenvalue weighted by Gasteiger charge is 2.09. The first kappa shape index (κ1) is 9.33. The van der Waals surface area contributed by atoms with Gasteiger partial charge >= 0.3 is 0 Å². The number of benzene rings is 1. The Hall–Kier alpha value is -0.760. The SMILES string of the molecule is CCc1c(F)ccc(OC)c1Cl. The number of hydrogen-bond acceptors (Lipinski definition) is 1.